The van der Waals surface area contributed by atoms with Crippen LogP contribution >= 0.6 is 0 Å². The van der Waals surface area contributed by atoms with Gasteiger partial charge in [-0.3, -0.25) is 9.36 Å². The van der Waals surface area contributed by atoms with E-state index < -0.39 is 0 Å². The maximum Gasteiger partial charge on any atom is 0.224 e. The molecule has 0 aliphatic carbocycles. The number of nitrogens with zero attached hydrogens (tertiary/aromatic N) is 4. The highest BCUT2D eigenvalue weighted by Gasteiger charge is 2.17. The molecule has 0 aromatic carbocycles. The average molecular weight is 339 g/mol. The molecule has 1 N–H and O–H groups in total. The fraction of sp³-hybridized carbons (Fsp3) is 0.333. The normalized spacial score (nSPS) is 10.8. The molecule has 0 radical (unpaired) electrons. The van der Waals surface area contributed by atoms with Crippen LogP contribution in [-0.2, 0) is 30.6 Å². The molecule has 7 nitrogen and oxygen atoms in total. The zero-order chi connectivity index (χ0) is 17.6. The third-order valence-electron chi connectivity index (χ3n) is 4.04. The number of nitrogens with one attached hydrogen (secondary N) is 1. The van der Waals surface area contributed by atoms with E-state index in [4.69, 9.17) is 4.52 Å². The Balaban J connectivity index is 1.69. The van der Waals surface area contributed by atoms with Crippen LogP contribution in [0.1, 0.15) is 36.4 Å². The minimum absolute atomic E-state index is 0.0620. The SMILES string of the molecule is CCc1noc(CC)c1CC(=O)NCc1cccnc1-n1ccnc1. The van der Waals surface area contributed by atoms with Crippen molar-refractivity contribution in [3.63, 3.8) is 0 Å². The molecule has 3 aromatic rings. The van der Waals surface area contributed by atoms with Crippen molar-refractivity contribution in [2.24, 2.45) is 0 Å². The van der Waals surface area contributed by atoms with Crippen LogP contribution in [0.15, 0.2) is 41.6 Å². The smallest absolute Gasteiger partial charge is 0.224 e. The molecule has 0 bridgehead atoms. The third-order valence-corrected chi connectivity index (χ3v) is 4.04. The Morgan fingerprint density at radius 2 is 2.16 bits per heavy atom. The average Bonchev–Trinajstić information content (AvgIpc) is 3.30. The molecule has 0 saturated heterocycles. The molecule has 25 heavy (non-hydrogen) atoms. The van der Waals surface area contributed by atoms with Crippen LogP contribution in [0.4, 0.5) is 0 Å². The fourth-order valence-corrected chi connectivity index (χ4v) is 2.74. The molecule has 1 amide bonds. The maximum atomic E-state index is 12.4. The molecule has 0 spiro atoms. The van der Waals surface area contributed by atoms with E-state index >= 15 is 0 Å². The summed E-state index contributed by atoms with van der Waals surface area (Å²) in [6.45, 7) is 4.40. The predicted octanol–water partition coefficient (Wildman–Crippen LogP) is 2.24. The Morgan fingerprint density at radius 1 is 1.28 bits per heavy atom. The van der Waals surface area contributed by atoms with Gasteiger partial charge in [-0.1, -0.05) is 25.1 Å². The van der Waals surface area contributed by atoms with Crippen LogP contribution in [0.5, 0.6) is 0 Å². The summed E-state index contributed by atoms with van der Waals surface area (Å²) in [6, 6.07) is 3.79. The lowest BCUT2D eigenvalue weighted by Gasteiger charge is -2.10. The first-order valence-corrected chi connectivity index (χ1v) is 8.38. The highest BCUT2D eigenvalue weighted by molar-refractivity contribution is 5.79. The first-order valence-electron chi connectivity index (χ1n) is 8.38. The van der Waals surface area contributed by atoms with E-state index in [0.717, 1.165) is 41.2 Å². The van der Waals surface area contributed by atoms with Gasteiger partial charge in [0, 0.05) is 42.7 Å². The van der Waals surface area contributed by atoms with Gasteiger partial charge in [0.1, 0.15) is 17.9 Å². The van der Waals surface area contributed by atoms with Gasteiger partial charge < -0.3 is 9.84 Å². The molecular formula is C18H21N5O2. The van der Waals surface area contributed by atoms with Gasteiger partial charge in [-0.05, 0) is 12.5 Å². The zero-order valence-electron chi connectivity index (χ0n) is 14.4. The number of rotatable bonds is 7. The van der Waals surface area contributed by atoms with Gasteiger partial charge in [0.05, 0.1) is 12.1 Å². The summed E-state index contributed by atoms with van der Waals surface area (Å²) >= 11 is 0. The quantitative estimate of drug-likeness (QED) is 0.713. The standard InChI is InChI=1S/C18H21N5O2/c1-3-15-14(16(4-2)25-22-15)10-17(24)21-11-13-6-5-7-20-18(13)23-9-8-19-12-23/h5-9,12H,3-4,10-11H2,1-2H3,(H,21,24). The van der Waals surface area contributed by atoms with E-state index in [9.17, 15) is 4.79 Å². The number of carbonyl (C=O) groups excluding carboxylic acids is 1. The summed E-state index contributed by atoms with van der Waals surface area (Å²) in [7, 11) is 0. The lowest BCUT2D eigenvalue weighted by molar-refractivity contribution is -0.120. The summed E-state index contributed by atoms with van der Waals surface area (Å²) < 4.78 is 7.14. The minimum atomic E-state index is -0.0620. The van der Waals surface area contributed by atoms with Crippen LogP contribution in [-0.4, -0.2) is 25.6 Å². The number of hydrogen-bond acceptors (Lipinski definition) is 5. The monoisotopic (exact) mass is 339 g/mol. The molecule has 3 aromatic heterocycles. The molecule has 0 fully saturated rings. The van der Waals surface area contributed by atoms with Gasteiger partial charge >= 0.3 is 0 Å². The third kappa shape index (κ3) is 3.76. The molecule has 3 rings (SSSR count). The summed E-state index contributed by atoms with van der Waals surface area (Å²) in [4.78, 5) is 20.8. The lowest BCUT2D eigenvalue weighted by Crippen LogP contribution is -2.26. The summed E-state index contributed by atoms with van der Waals surface area (Å²) in [5.74, 6) is 1.48. The maximum absolute atomic E-state index is 12.4. The summed E-state index contributed by atoms with van der Waals surface area (Å²) in [6.07, 6.45) is 8.68. The van der Waals surface area contributed by atoms with Crippen molar-refractivity contribution in [1.82, 2.24) is 25.0 Å². The summed E-state index contributed by atoms with van der Waals surface area (Å²) in [5.41, 5.74) is 2.68. The predicted molar refractivity (Wildman–Crippen MR) is 92.2 cm³/mol. The number of carbonyl (C=O) groups is 1. The first kappa shape index (κ1) is 16.9. The van der Waals surface area contributed by atoms with E-state index in [1.165, 1.54) is 0 Å². The van der Waals surface area contributed by atoms with Crippen LogP contribution in [0.3, 0.4) is 0 Å². The number of pyridine rings is 1. The van der Waals surface area contributed by atoms with Crippen molar-refractivity contribution in [3.05, 3.63) is 59.6 Å². The second-order valence-corrected chi connectivity index (χ2v) is 5.65. The second-order valence-electron chi connectivity index (χ2n) is 5.65. The molecule has 0 saturated carbocycles. The van der Waals surface area contributed by atoms with Crippen molar-refractivity contribution < 1.29 is 9.32 Å². The lowest BCUT2D eigenvalue weighted by atomic mass is 10.1. The van der Waals surface area contributed by atoms with Crippen molar-refractivity contribution in [2.75, 3.05) is 0 Å². The van der Waals surface area contributed by atoms with Gasteiger partial charge in [0.2, 0.25) is 5.91 Å². The number of amides is 1. The molecular weight excluding hydrogens is 318 g/mol. The van der Waals surface area contributed by atoms with Gasteiger partial charge in [0.15, 0.2) is 0 Å². The molecule has 0 aliphatic rings. The number of aryl methyl sites for hydroxylation is 2. The number of aromatic nitrogens is 4. The highest BCUT2D eigenvalue weighted by atomic mass is 16.5. The van der Waals surface area contributed by atoms with Gasteiger partial charge in [0.25, 0.3) is 0 Å². The Labute approximate surface area is 146 Å². The van der Waals surface area contributed by atoms with Gasteiger partial charge in [-0.2, -0.15) is 0 Å². The fourth-order valence-electron chi connectivity index (χ4n) is 2.74. The number of hydrogen-bond donors (Lipinski definition) is 1. The van der Waals surface area contributed by atoms with Crippen molar-refractivity contribution in [3.8, 4) is 5.82 Å². The van der Waals surface area contributed by atoms with Crippen LogP contribution in [0.2, 0.25) is 0 Å². The molecule has 130 valence electrons. The van der Waals surface area contributed by atoms with E-state index in [-0.39, 0.29) is 12.3 Å². The van der Waals surface area contributed by atoms with E-state index in [1.807, 2.05) is 36.7 Å². The first-order chi connectivity index (χ1) is 12.2. The second kappa shape index (κ2) is 7.74. The molecule has 0 aliphatic heterocycles. The summed E-state index contributed by atoms with van der Waals surface area (Å²) in [5, 5.41) is 7.01. The molecule has 3 heterocycles. The van der Waals surface area contributed by atoms with Gasteiger partial charge in [-0.15, -0.1) is 0 Å². The topological polar surface area (TPSA) is 85.8 Å². The Morgan fingerprint density at radius 3 is 2.88 bits per heavy atom. The van der Waals surface area contributed by atoms with E-state index in [2.05, 4.69) is 20.4 Å². The Hall–Kier alpha value is -2.96. The molecule has 0 unspecified atom stereocenters. The van der Waals surface area contributed by atoms with Crippen LogP contribution < -0.4 is 5.32 Å². The molecule has 7 heteroatoms. The van der Waals surface area contributed by atoms with Crippen LogP contribution in [0, 0.1) is 0 Å². The highest BCUT2D eigenvalue weighted by Crippen LogP contribution is 2.17. The molecule has 0 atom stereocenters. The van der Waals surface area contributed by atoms with Crippen molar-refractivity contribution >= 4 is 5.91 Å². The van der Waals surface area contributed by atoms with E-state index in [0.29, 0.717) is 6.54 Å². The van der Waals surface area contributed by atoms with Crippen LogP contribution in [0.25, 0.3) is 5.82 Å². The minimum Gasteiger partial charge on any atom is -0.361 e. The van der Waals surface area contributed by atoms with Gasteiger partial charge in [-0.25, -0.2) is 9.97 Å². The van der Waals surface area contributed by atoms with E-state index in [1.54, 1.807) is 18.7 Å². The Kier molecular flexibility index (Phi) is 5.23. The van der Waals surface area contributed by atoms with Crippen molar-refractivity contribution in [2.45, 2.75) is 39.7 Å². The van der Waals surface area contributed by atoms with Crippen molar-refractivity contribution in [1.29, 1.82) is 0 Å². The largest absolute Gasteiger partial charge is 0.361 e. The zero-order valence-corrected chi connectivity index (χ0v) is 14.4. The Bertz CT molecular complexity index is 818. The number of imidazole rings is 1.